The van der Waals surface area contributed by atoms with Crippen molar-refractivity contribution in [2.24, 2.45) is 5.41 Å². The minimum absolute atomic E-state index is 0.0501. The highest BCUT2D eigenvalue weighted by Gasteiger charge is 2.59. The topological polar surface area (TPSA) is 484 Å². The maximum atomic E-state index is 11.8. The summed E-state index contributed by atoms with van der Waals surface area (Å²) in [7, 11) is 0. The van der Waals surface area contributed by atoms with Gasteiger partial charge in [-0.15, -0.1) is 0 Å². The van der Waals surface area contributed by atoms with Gasteiger partial charge in [-0.05, 0) is 57.1 Å². The molecule has 0 aromatic carbocycles. The molecule has 0 aromatic heterocycles. The van der Waals surface area contributed by atoms with Crippen LogP contribution in [0.3, 0.4) is 0 Å². The van der Waals surface area contributed by atoms with Crippen molar-refractivity contribution in [1.82, 2.24) is 0 Å². The number of hydrogen-bond acceptors (Lipinski definition) is 31. The van der Waals surface area contributed by atoms with E-state index in [4.69, 9.17) is 61.6 Å². The Bertz CT molecular complexity index is 2340. The normalized spacial score (nSPS) is 47.6. The van der Waals surface area contributed by atoms with Crippen LogP contribution in [-0.4, -0.2) is 322 Å². The zero-order valence-electron chi connectivity index (χ0n) is 48.6. The third kappa shape index (κ3) is 15.6. The summed E-state index contributed by atoms with van der Waals surface area (Å²) >= 11 is 0. The predicted molar refractivity (Wildman–Crippen MR) is 287 cm³/mol. The minimum Gasteiger partial charge on any atom is -0.394 e. The number of allylic oxidation sites excluding steroid dienone is 9. The Kier molecular flexibility index (Phi) is 24.6. The zero-order chi connectivity index (χ0) is 63.5. The highest BCUT2D eigenvalue weighted by atomic mass is 16.8. The lowest BCUT2D eigenvalue weighted by molar-refractivity contribution is -0.404. The van der Waals surface area contributed by atoms with Crippen molar-refractivity contribution in [3.63, 3.8) is 0 Å². The van der Waals surface area contributed by atoms with Gasteiger partial charge in [-0.2, -0.15) is 0 Å². The van der Waals surface area contributed by atoms with E-state index in [2.05, 4.69) is 26.8 Å². The lowest BCUT2D eigenvalue weighted by Gasteiger charge is -2.50. The molecule has 22 saturated heterocycles. The van der Waals surface area contributed by atoms with Gasteiger partial charge < -0.3 is 153 Å². The standard InChI is InChI=1S/C56H88O31/c1-21(11-12-24-23(3)10-7-13-56(24,4)5)8-6-9-22(2)14-31(62)75-20-30-49-37(68)43(74)55(81-30)86-48-29(19-61)79-53(41(72)35(48)66)84-46-27(17-59)77-51(39(70)33(46)64)82-44-25(15-57)76-50(38(69)32(44)63)83-45-26(16-58)78-52(40(71)34(45)65)85-47-28(18-60)80-54(87-49)42(73)36(47)67/h6,8-9,11-12,14,25-55,57-74H,7,10,13,15-20H2,1-5H3/t25?,26-,27?,28?,29-,30?,31?,32?,33?,34?,35-,36?,37?,38?,39?,40-,41+,42?,43?,44?,45?,46?,47?,48?,49?,50?,51?,52?,53?,54?,55?/m1/s1. The molecule has 18 N–H and O–H groups in total. The summed E-state index contributed by atoms with van der Waals surface area (Å²) in [5.74, 6) is 0. The van der Waals surface area contributed by atoms with Gasteiger partial charge >= 0.3 is 0 Å². The molecule has 87 heavy (non-hydrogen) atoms. The van der Waals surface area contributed by atoms with Gasteiger partial charge in [0.2, 0.25) is 0 Å². The van der Waals surface area contributed by atoms with Gasteiger partial charge in [-0.3, -0.25) is 0 Å². The van der Waals surface area contributed by atoms with Crippen LogP contribution in [0.4, 0.5) is 0 Å². The Morgan fingerprint density at radius 2 is 0.747 bits per heavy atom. The number of aliphatic hydroxyl groups is 18. The average molecular weight is 1260 g/mol. The molecule has 0 saturated carbocycles. The van der Waals surface area contributed by atoms with Crippen LogP contribution >= 0.6 is 0 Å². The Morgan fingerprint density at radius 3 is 1.05 bits per heavy atom. The molecule has 31 heteroatoms. The monoisotopic (exact) mass is 1260 g/mol. The van der Waals surface area contributed by atoms with Crippen molar-refractivity contribution in [3.8, 4) is 0 Å². The number of hydrogen-bond donors (Lipinski definition) is 18. The summed E-state index contributed by atoms with van der Waals surface area (Å²) in [5.41, 5.74) is 4.16. The highest BCUT2D eigenvalue weighted by Crippen LogP contribution is 2.42. The third-order valence-corrected chi connectivity index (χ3v) is 17.1. The molecule has 23 aliphatic rings. The van der Waals surface area contributed by atoms with Crippen LogP contribution < -0.4 is 0 Å². The molecule has 22 heterocycles. The molecule has 498 valence electrons. The molecule has 0 spiro atoms. The van der Waals surface area contributed by atoms with E-state index in [-0.39, 0.29) is 5.41 Å². The maximum Gasteiger partial charge on any atom is 0.187 e. The minimum atomic E-state index is -2.21. The summed E-state index contributed by atoms with van der Waals surface area (Å²) in [6.45, 7) is 4.36. The van der Waals surface area contributed by atoms with Crippen molar-refractivity contribution in [2.45, 2.75) is 244 Å². The van der Waals surface area contributed by atoms with Crippen LogP contribution in [0, 0.1) is 5.41 Å². The van der Waals surface area contributed by atoms with E-state index in [1.807, 2.05) is 19.1 Å². The van der Waals surface area contributed by atoms with E-state index in [1.165, 1.54) is 17.2 Å². The van der Waals surface area contributed by atoms with Crippen LogP contribution in [0.15, 0.2) is 58.7 Å². The number of rotatable bonds is 13. The quantitative estimate of drug-likeness (QED) is 0.0602. The molecular formula is C56H88O31. The van der Waals surface area contributed by atoms with Crippen molar-refractivity contribution < 1.29 is 153 Å². The largest absolute Gasteiger partial charge is 0.394 e. The zero-order valence-corrected chi connectivity index (χ0v) is 48.6. The van der Waals surface area contributed by atoms with Crippen molar-refractivity contribution in [3.05, 3.63) is 58.7 Å². The summed E-state index contributed by atoms with van der Waals surface area (Å²) in [4.78, 5) is 0. The lowest BCUT2D eigenvalue weighted by atomic mass is 9.72. The van der Waals surface area contributed by atoms with Gasteiger partial charge in [-0.1, -0.05) is 60.9 Å². The third-order valence-electron chi connectivity index (χ3n) is 17.1. The molecule has 31 nitrogen and oxygen atoms in total. The molecular weight excluding hydrogens is 1170 g/mol. The van der Waals surface area contributed by atoms with Crippen LogP contribution in [0.1, 0.15) is 53.9 Å². The average Bonchev–Trinajstić information content (AvgIpc) is 1.20. The molecule has 22 fully saturated rings. The molecule has 1 aliphatic carbocycles. The van der Waals surface area contributed by atoms with Crippen LogP contribution in [0.25, 0.3) is 0 Å². The van der Waals surface area contributed by atoms with E-state index >= 15 is 0 Å². The smallest absolute Gasteiger partial charge is 0.187 e. The van der Waals surface area contributed by atoms with E-state index in [1.54, 1.807) is 19.1 Å². The molecule has 26 unspecified atom stereocenters. The first-order chi connectivity index (χ1) is 41.3. The molecule has 31 atom stereocenters. The highest BCUT2D eigenvalue weighted by molar-refractivity contribution is 5.37. The number of ether oxygens (including phenoxy) is 13. The first-order valence-corrected chi connectivity index (χ1v) is 29.1. The second-order valence-electron chi connectivity index (χ2n) is 23.8. The van der Waals surface area contributed by atoms with E-state index < -0.39 is 230 Å². The summed E-state index contributed by atoms with van der Waals surface area (Å²) < 4.78 is 75.6. The second-order valence-corrected chi connectivity index (χ2v) is 23.8. The Balaban J connectivity index is 1.07. The van der Waals surface area contributed by atoms with Gasteiger partial charge in [0.15, 0.2) is 44.0 Å². The van der Waals surface area contributed by atoms with Crippen molar-refractivity contribution >= 4 is 0 Å². The van der Waals surface area contributed by atoms with E-state index in [0.717, 1.165) is 24.8 Å². The summed E-state index contributed by atoms with van der Waals surface area (Å²) in [5, 5.41) is 201. The van der Waals surface area contributed by atoms with Gasteiger partial charge in [0.05, 0.1) is 39.6 Å². The molecule has 0 radical (unpaired) electrons. The van der Waals surface area contributed by atoms with Crippen LogP contribution in [-0.2, 0) is 61.6 Å². The fourth-order valence-electron chi connectivity index (χ4n) is 12.1. The van der Waals surface area contributed by atoms with Gasteiger partial charge in [0.1, 0.15) is 146 Å². The Morgan fingerprint density at radius 1 is 0.448 bits per heavy atom. The fraction of sp³-hybridized carbons (Fsp3) is 0.821. The van der Waals surface area contributed by atoms with Gasteiger partial charge in [0.25, 0.3) is 0 Å². The molecule has 23 rings (SSSR count). The number of aliphatic hydroxyl groups excluding tert-OH is 18. The molecule has 0 amide bonds. The van der Waals surface area contributed by atoms with Gasteiger partial charge in [0, 0.05) is 0 Å². The molecule has 0 aromatic rings. The lowest BCUT2D eigenvalue weighted by Crippen LogP contribution is -2.69. The molecule has 12 bridgehead atoms. The second kappa shape index (κ2) is 30.5. The van der Waals surface area contributed by atoms with E-state index in [0.29, 0.717) is 5.57 Å². The van der Waals surface area contributed by atoms with Crippen LogP contribution in [0.2, 0.25) is 0 Å². The summed E-state index contributed by atoms with van der Waals surface area (Å²) in [6, 6.07) is 0. The molecule has 22 aliphatic heterocycles. The van der Waals surface area contributed by atoms with E-state index in [9.17, 15) is 91.9 Å². The maximum absolute atomic E-state index is 11.8. The Labute approximate surface area is 500 Å². The Hall–Kier alpha value is -2.54. The SMILES string of the molecule is CC(C=CC1=C(C)CCCC1(C)C)=CC=CC(C)=CC(O)OCC1OC2OC3[C@@H](CO)OC(OC4C(CO)OC(OC5C(CO)OC(OC6C(O)[C@@H](O)C(OC7C(CO)OC(OC1C(O)C2O)C(O)C7O)O[C@@H]6CO)C(O)C5O)C(O)C4O)[C@@H](O)[C@H]3O. The van der Waals surface area contributed by atoms with Crippen molar-refractivity contribution in [2.75, 3.05) is 39.6 Å². The fourth-order valence-corrected chi connectivity index (χ4v) is 12.1. The predicted octanol–water partition coefficient (Wildman–Crippen LogP) is -7.18. The van der Waals surface area contributed by atoms with Gasteiger partial charge in [-0.25, -0.2) is 0 Å². The first kappa shape index (κ1) is 70.3. The van der Waals surface area contributed by atoms with Crippen molar-refractivity contribution in [1.29, 1.82) is 0 Å². The summed E-state index contributed by atoms with van der Waals surface area (Å²) in [6.07, 6.45) is -47.3. The van der Waals surface area contributed by atoms with Crippen LogP contribution in [0.5, 0.6) is 0 Å². The first-order valence-electron chi connectivity index (χ1n) is 29.1.